The highest BCUT2D eigenvalue weighted by Crippen LogP contribution is 2.30. The Bertz CT molecular complexity index is 927. The van der Waals surface area contributed by atoms with Gasteiger partial charge in [-0.1, -0.05) is 0 Å². The number of hydrogen-bond donors (Lipinski definition) is 2. The minimum atomic E-state index is -0.503. The maximum absolute atomic E-state index is 14.8. The number of rotatable bonds is 4. The lowest BCUT2D eigenvalue weighted by Crippen LogP contribution is -2.37. The number of amides is 2. The molecule has 1 saturated heterocycles. The zero-order valence-corrected chi connectivity index (χ0v) is 15.5. The zero-order valence-electron chi connectivity index (χ0n) is 15.5. The van der Waals surface area contributed by atoms with Gasteiger partial charge >= 0.3 is 6.03 Å². The number of urea groups is 1. The van der Waals surface area contributed by atoms with Gasteiger partial charge in [-0.2, -0.15) is 0 Å². The number of carbonyl (C=O) groups is 1. The number of carbonyl (C=O) groups excluding carboxylic acids is 1. The fourth-order valence-electron chi connectivity index (χ4n) is 3.24. The van der Waals surface area contributed by atoms with Crippen molar-refractivity contribution in [1.82, 2.24) is 15.3 Å². The van der Waals surface area contributed by atoms with Crippen LogP contribution in [0.5, 0.6) is 0 Å². The van der Waals surface area contributed by atoms with E-state index in [4.69, 9.17) is 4.74 Å². The lowest BCUT2D eigenvalue weighted by molar-refractivity contribution is 0.122. The van der Waals surface area contributed by atoms with E-state index >= 15 is 0 Å². The summed E-state index contributed by atoms with van der Waals surface area (Å²) in [6.07, 6.45) is 1.70. The summed E-state index contributed by atoms with van der Waals surface area (Å²) >= 11 is 0. The summed E-state index contributed by atoms with van der Waals surface area (Å²) in [5, 5.41) is 5.20. The van der Waals surface area contributed by atoms with Gasteiger partial charge in [0.2, 0.25) is 0 Å². The van der Waals surface area contributed by atoms with Crippen molar-refractivity contribution in [3.05, 3.63) is 35.3 Å². The van der Waals surface area contributed by atoms with Crippen LogP contribution in [0.1, 0.15) is 18.2 Å². The Hall–Kier alpha value is -3.07. The monoisotopic (exact) mass is 384 g/mol. The molecule has 0 spiro atoms. The Morgan fingerprint density at radius 1 is 1.29 bits per heavy atom. The molecule has 2 aliphatic rings. The number of fused-ring (bicyclic) bond motifs is 1. The van der Waals surface area contributed by atoms with Crippen LogP contribution in [0.3, 0.4) is 0 Å². The summed E-state index contributed by atoms with van der Waals surface area (Å²) in [5.74, 6) is 0.581. The van der Waals surface area contributed by atoms with E-state index in [1.165, 1.54) is 6.07 Å². The van der Waals surface area contributed by atoms with Crippen LogP contribution in [0.25, 0.3) is 11.4 Å². The summed E-state index contributed by atoms with van der Waals surface area (Å²) < 4.78 is 20.2. The van der Waals surface area contributed by atoms with Crippen LogP contribution < -0.4 is 15.5 Å². The molecule has 0 saturated carbocycles. The molecule has 0 atom stereocenters. The Kier molecular flexibility index (Phi) is 5.16. The molecule has 2 amide bonds. The largest absolute Gasteiger partial charge is 0.378 e. The summed E-state index contributed by atoms with van der Waals surface area (Å²) in [6, 6.07) is 4.10. The molecule has 9 heteroatoms. The second-order valence-corrected chi connectivity index (χ2v) is 6.48. The number of anilines is 2. The van der Waals surface area contributed by atoms with E-state index in [-0.39, 0.29) is 11.6 Å². The average Bonchev–Trinajstić information content (AvgIpc) is 3.17. The number of ether oxygens (including phenoxy) is 1. The van der Waals surface area contributed by atoms with Crippen molar-refractivity contribution in [2.75, 3.05) is 43.1 Å². The van der Waals surface area contributed by atoms with Crippen LogP contribution in [0, 0.1) is 5.82 Å². The first-order valence-electron chi connectivity index (χ1n) is 9.24. The minimum Gasteiger partial charge on any atom is -0.378 e. The summed E-state index contributed by atoms with van der Waals surface area (Å²) in [6.45, 7) is 5.53. The lowest BCUT2D eigenvalue weighted by Gasteiger charge is -2.29. The molecule has 1 aromatic heterocycles. The van der Waals surface area contributed by atoms with Gasteiger partial charge in [-0.25, -0.2) is 19.2 Å². The van der Waals surface area contributed by atoms with Crippen molar-refractivity contribution in [3.8, 4) is 11.4 Å². The van der Waals surface area contributed by atoms with E-state index in [9.17, 15) is 9.18 Å². The molecule has 2 aliphatic heterocycles. The standard InChI is InChI=1S/C19H21FN6O2/c1-2-22-19(27)23-12-3-4-13(15(20)9-12)17-24-16-11-21-10-14(16)18(25-17)26-5-7-28-8-6-26/h3-4,9,11H,2,5-8,10H2,1H3,(H2,22,23,27). The number of halogens is 1. The average molecular weight is 384 g/mol. The van der Waals surface area contributed by atoms with E-state index < -0.39 is 5.82 Å². The minimum absolute atomic E-state index is 0.277. The second kappa shape index (κ2) is 7.89. The van der Waals surface area contributed by atoms with Gasteiger partial charge in [0.1, 0.15) is 11.6 Å². The summed E-state index contributed by atoms with van der Waals surface area (Å²) in [5.41, 5.74) is 2.32. The lowest BCUT2D eigenvalue weighted by atomic mass is 10.1. The highest BCUT2D eigenvalue weighted by atomic mass is 19.1. The third-order valence-corrected chi connectivity index (χ3v) is 4.60. The first-order valence-corrected chi connectivity index (χ1v) is 9.24. The molecule has 3 heterocycles. The molecule has 2 aromatic rings. The summed E-state index contributed by atoms with van der Waals surface area (Å²) in [4.78, 5) is 27.2. The molecule has 4 rings (SSSR count). The molecule has 1 fully saturated rings. The third-order valence-electron chi connectivity index (χ3n) is 4.60. The number of aromatic nitrogens is 2. The van der Waals surface area contributed by atoms with Gasteiger partial charge in [0.05, 0.1) is 31.0 Å². The number of morpholine rings is 1. The molecule has 28 heavy (non-hydrogen) atoms. The molecule has 0 unspecified atom stereocenters. The highest BCUT2D eigenvalue weighted by molar-refractivity contribution is 5.89. The molecule has 8 nitrogen and oxygen atoms in total. The zero-order chi connectivity index (χ0) is 19.5. The van der Waals surface area contributed by atoms with Crippen molar-refractivity contribution in [2.45, 2.75) is 13.5 Å². The van der Waals surface area contributed by atoms with Crippen LogP contribution >= 0.6 is 0 Å². The van der Waals surface area contributed by atoms with E-state index in [1.54, 1.807) is 18.3 Å². The maximum atomic E-state index is 14.8. The smallest absolute Gasteiger partial charge is 0.319 e. The fourth-order valence-corrected chi connectivity index (χ4v) is 3.24. The molecular weight excluding hydrogens is 363 g/mol. The Balaban J connectivity index is 1.67. The first-order chi connectivity index (χ1) is 13.7. The van der Waals surface area contributed by atoms with Crippen LogP contribution in [0.15, 0.2) is 23.2 Å². The molecule has 2 N–H and O–H groups in total. The van der Waals surface area contributed by atoms with Gasteiger partial charge in [0, 0.05) is 37.1 Å². The third kappa shape index (κ3) is 3.65. The Morgan fingerprint density at radius 3 is 2.86 bits per heavy atom. The molecule has 0 bridgehead atoms. The van der Waals surface area contributed by atoms with Gasteiger partial charge < -0.3 is 20.3 Å². The van der Waals surface area contributed by atoms with Gasteiger partial charge in [-0.15, -0.1) is 0 Å². The Labute approximate surface area is 161 Å². The van der Waals surface area contributed by atoms with Crippen LogP contribution in [0.2, 0.25) is 0 Å². The number of benzene rings is 1. The van der Waals surface area contributed by atoms with Crippen molar-refractivity contribution >= 4 is 23.8 Å². The van der Waals surface area contributed by atoms with Gasteiger partial charge in [0.25, 0.3) is 0 Å². The normalized spacial score (nSPS) is 15.4. The second-order valence-electron chi connectivity index (χ2n) is 6.48. The van der Waals surface area contributed by atoms with E-state index in [1.807, 2.05) is 6.92 Å². The number of nitrogens with zero attached hydrogens (tertiary/aromatic N) is 4. The SMILES string of the molecule is CCNC(=O)Nc1ccc(-c2nc3c(c(N4CCOCC4)n2)CN=C3)c(F)c1. The molecular formula is C19H21FN6O2. The van der Waals surface area contributed by atoms with Crippen LogP contribution in [-0.4, -0.2) is 55.1 Å². The van der Waals surface area contributed by atoms with Crippen molar-refractivity contribution in [2.24, 2.45) is 4.99 Å². The van der Waals surface area contributed by atoms with Gasteiger partial charge in [0.15, 0.2) is 5.82 Å². The van der Waals surface area contributed by atoms with Gasteiger partial charge in [-0.05, 0) is 25.1 Å². The number of nitrogens with one attached hydrogen (secondary N) is 2. The topological polar surface area (TPSA) is 91.7 Å². The molecule has 0 aliphatic carbocycles. The van der Waals surface area contributed by atoms with Gasteiger partial charge in [-0.3, -0.25) is 4.99 Å². The van der Waals surface area contributed by atoms with E-state index in [0.717, 1.165) is 30.2 Å². The predicted molar refractivity (Wildman–Crippen MR) is 104 cm³/mol. The van der Waals surface area contributed by atoms with Crippen LogP contribution in [-0.2, 0) is 11.3 Å². The molecule has 0 radical (unpaired) electrons. The quantitative estimate of drug-likeness (QED) is 0.843. The first kappa shape index (κ1) is 18.3. The number of aliphatic imine (C=N–C) groups is 1. The van der Waals surface area contributed by atoms with E-state index in [2.05, 4.69) is 30.5 Å². The van der Waals surface area contributed by atoms with Crippen molar-refractivity contribution in [3.63, 3.8) is 0 Å². The highest BCUT2D eigenvalue weighted by Gasteiger charge is 2.24. The summed E-state index contributed by atoms with van der Waals surface area (Å²) in [7, 11) is 0. The van der Waals surface area contributed by atoms with E-state index in [0.29, 0.717) is 37.8 Å². The van der Waals surface area contributed by atoms with Crippen molar-refractivity contribution in [1.29, 1.82) is 0 Å². The number of hydrogen-bond acceptors (Lipinski definition) is 6. The van der Waals surface area contributed by atoms with Crippen molar-refractivity contribution < 1.29 is 13.9 Å². The van der Waals surface area contributed by atoms with Crippen LogP contribution in [0.4, 0.5) is 20.7 Å². The molecule has 1 aromatic carbocycles. The molecule has 146 valence electrons. The Morgan fingerprint density at radius 2 is 2.11 bits per heavy atom. The fraction of sp³-hybridized carbons (Fsp3) is 0.368. The predicted octanol–water partition coefficient (Wildman–Crippen LogP) is 2.19. The maximum Gasteiger partial charge on any atom is 0.319 e.